The molecule has 0 aliphatic carbocycles. The number of rotatable bonds is 6. The Morgan fingerprint density at radius 2 is 1.95 bits per heavy atom. The molecule has 4 aromatic rings. The van der Waals surface area contributed by atoms with E-state index in [4.69, 9.17) is 9.72 Å². The van der Waals surface area contributed by atoms with Crippen LogP contribution in [0.15, 0.2) is 53.4 Å². The molecule has 0 unspecified atom stereocenters. The van der Waals surface area contributed by atoms with E-state index in [0.29, 0.717) is 50.9 Å². The number of halogens is 1. The maximum absolute atomic E-state index is 13.3. The van der Waals surface area contributed by atoms with E-state index in [1.165, 1.54) is 0 Å². The van der Waals surface area contributed by atoms with Gasteiger partial charge in [0.05, 0.1) is 32.7 Å². The van der Waals surface area contributed by atoms with Gasteiger partial charge < -0.3 is 24.8 Å². The molecule has 2 N–H and O–H groups in total. The second kappa shape index (κ2) is 10.4. The van der Waals surface area contributed by atoms with Crippen molar-refractivity contribution in [1.82, 2.24) is 24.8 Å². The predicted octanol–water partition coefficient (Wildman–Crippen LogP) is 4.82. The van der Waals surface area contributed by atoms with Gasteiger partial charge in [0.25, 0.3) is 0 Å². The van der Waals surface area contributed by atoms with Crippen LogP contribution >= 0.6 is 23.1 Å². The van der Waals surface area contributed by atoms with Crippen LogP contribution in [0.4, 0.5) is 28.8 Å². The fraction of sp³-hybridized carbons (Fsp3) is 0.333. The maximum Gasteiger partial charge on any atom is 0.229 e. The highest BCUT2D eigenvalue weighted by atomic mass is 79.9. The van der Waals surface area contributed by atoms with E-state index in [9.17, 15) is 4.57 Å². The standard InChI is InChI=1S/C27H30BrN8O2P/c1-4-35-11-12-36-18(15-35)16-38-23-13-17(5-8-22(23)36)32-27-31-14-19(28)26(34-27)33-21-7-6-20-24(30-10-9-29-20)25(21)39(2,3)37/h5-10,13-14,18H,4,11-12,15-16H2,1-3H3,(H2,31,32,33,34)/t18-/m1/s1. The molecule has 10 nitrogen and oxygen atoms in total. The Morgan fingerprint density at radius 1 is 1.10 bits per heavy atom. The molecule has 2 aliphatic heterocycles. The maximum atomic E-state index is 13.3. The van der Waals surface area contributed by atoms with Crippen LogP contribution in [0.2, 0.25) is 0 Å². The van der Waals surface area contributed by atoms with Gasteiger partial charge in [-0.15, -0.1) is 0 Å². The molecule has 0 saturated carbocycles. The van der Waals surface area contributed by atoms with Gasteiger partial charge in [0.1, 0.15) is 30.8 Å². The predicted molar refractivity (Wildman–Crippen MR) is 160 cm³/mol. The number of hydrogen-bond acceptors (Lipinski definition) is 10. The first-order valence-corrected chi connectivity index (χ1v) is 16.3. The third-order valence-corrected chi connectivity index (χ3v) is 9.23. The van der Waals surface area contributed by atoms with E-state index in [0.717, 1.165) is 43.3 Å². The van der Waals surface area contributed by atoms with Crippen LogP contribution < -0.4 is 25.6 Å². The van der Waals surface area contributed by atoms with Gasteiger partial charge in [-0.25, -0.2) is 4.98 Å². The van der Waals surface area contributed by atoms with Crippen molar-refractivity contribution in [1.29, 1.82) is 0 Å². The number of nitrogens with zero attached hydrogens (tertiary/aromatic N) is 6. The molecule has 39 heavy (non-hydrogen) atoms. The van der Waals surface area contributed by atoms with Gasteiger partial charge in [0.2, 0.25) is 5.95 Å². The number of aromatic nitrogens is 4. The molecule has 1 atom stereocenters. The molecule has 12 heteroatoms. The molecule has 1 saturated heterocycles. The van der Waals surface area contributed by atoms with E-state index >= 15 is 0 Å². The molecular formula is C27H30BrN8O2P. The lowest BCUT2D eigenvalue weighted by molar-refractivity contribution is 0.172. The van der Waals surface area contributed by atoms with Crippen molar-refractivity contribution in [2.24, 2.45) is 0 Å². The SMILES string of the molecule is CCN1CCN2c3ccc(Nc4ncc(Br)c(Nc5ccc6nccnc6c5P(C)(C)=O)n4)cc3OC[C@H]2C1. The van der Waals surface area contributed by atoms with Crippen LogP contribution in [0.3, 0.4) is 0 Å². The highest BCUT2D eigenvalue weighted by molar-refractivity contribution is 9.10. The van der Waals surface area contributed by atoms with E-state index in [2.05, 4.69) is 64.3 Å². The van der Waals surface area contributed by atoms with Crippen molar-refractivity contribution in [2.45, 2.75) is 13.0 Å². The molecule has 0 amide bonds. The summed E-state index contributed by atoms with van der Waals surface area (Å²) in [7, 11) is -2.71. The number of likely N-dealkylation sites (N-methyl/N-ethyl adjacent to an activating group) is 1. The van der Waals surface area contributed by atoms with Crippen molar-refractivity contribution in [3.8, 4) is 5.75 Å². The summed E-state index contributed by atoms with van der Waals surface area (Å²) in [6.45, 7) is 10.5. The van der Waals surface area contributed by atoms with Gasteiger partial charge in [-0.1, -0.05) is 6.92 Å². The Bertz CT molecular complexity index is 1600. The Hall–Kier alpha value is -3.27. The summed E-state index contributed by atoms with van der Waals surface area (Å²) >= 11 is 3.55. The molecule has 202 valence electrons. The summed E-state index contributed by atoms with van der Waals surface area (Å²) < 4.78 is 20.1. The number of nitrogens with one attached hydrogen (secondary N) is 2. The van der Waals surface area contributed by atoms with Crippen LogP contribution in [-0.2, 0) is 4.57 Å². The van der Waals surface area contributed by atoms with Gasteiger partial charge in [-0.05, 0) is 60.1 Å². The number of fused-ring (bicyclic) bond motifs is 4. The monoisotopic (exact) mass is 608 g/mol. The quantitative estimate of drug-likeness (QED) is 0.296. The zero-order chi connectivity index (χ0) is 27.1. The first-order valence-electron chi connectivity index (χ1n) is 12.9. The van der Waals surface area contributed by atoms with Crippen molar-refractivity contribution >= 4 is 68.2 Å². The number of ether oxygens (including phenoxy) is 1. The summed E-state index contributed by atoms with van der Waals surface area (Å²) in [5.74, 6) is 1.82. The van der Waals surface area contributed by atoms with E-state index in [-0.39, 0.29) is 0 Å². The normalized spacial score (nSPS) is 17.3. The van der Waals surface area contributed by atoms with Gasteiger partial charge in [0.15, 0.2) is 0 Å². The highest BCUT2D eigenvalue weighted by Crippen LogP contribution is 2.41. The van der Waals surface area contributed by atoms with Gasteiger partial charge in [0, 0.05) is 50.0 Å². The molecular weight excluding hydrogens is 579 g/mol. The van der Waals surface area contributed by atoms with Gasteiger partial charge in [-0.3, -0.25) is 14.9 Å². The lowest BCUT2D eigenvalue weighted by atomic mass is 10.1. The third-order valence-electron chi connectivity index (χ3n) is 7.12. The molecule has 0 bridgehead atoms. The van der Waals surface area contributed by atoms with E-state index in [1.807, 2.05) is 24.3 Å². The zero-order valence-corrected chi connectivity index (χ0v) is 24.5. The number of benzene rings is 2. The minimum atomic E-state index is -2.71. The van der Waals surface area contributed by atoms with Crippen LogP contribution in [0.25, 0.3) is 11.0 Å². The molecule has 2 aliphatic rings. The lowest BCUT2D eigenvalue weighted by Crippen LogP contribution is -2.57. The Balaban J connectivity index is 1.26. The molecule has 4 heterocycles. The summed E-state index contributed by atoms with van der Waals surface area (Å²) in [5, 5.41) is 7.28. The minimum absolute atomic E-state index is 0.376. The molecule has 1 fully saturated rings. The third kappa shape index (κ3) is 5.18. The van der Waals surface area contributed by atoms with Crippen molar-refractivity contribution in [3.05, 3.63) is 53.4 Å². The largest absolute Gasteiger partial charge is 0.489 e. The Morgan fingerprint density at radius 3 is 2.77 bits per heavy atom. The van der Waals surface area contributed by atoms with Crippen LogP contribution in [-0.4, -0.2) is 77.0 Å². The molecule has 0 radical (unpaired) electrons. The average Bonchev–Trinajstić information content (AvgIpc) is 2.93. The fourth-order valence-corrected chi connectivity index (χ4v) is 6.92. The van der Waals surface area contributed by atoms with Crippen molar-refractivity contribution in [3.63, 3.8) is 0 Å². The number of anilines is 5. The zero-order valence-electron chi connectivity index (χ0n) is 22.1. The van der Waals surface area contributed by atoms with Crippen molar-refractivity contribution < 1.29 is 9.30 Å². The molecule has 6 rings (SSSR count). The molecule has 2 aromatic heterocycles. The summed E-state index contributed by atoms with van der Waals surface area (Å²) in [4.78, 5) is 22.9. The average molecular weight is 609 g/mol. The lowest BCUT2D eigenvalue weighted by Gasteiger charge is -2.45. The van der Waals surface area contributed by atoms with Gasteiger partial charge in [-0.2, -0.15) is 4.98 Å². The summed E-state index contributed by atoms with van der Waals surface area (Å²) in [5.41, 5.74) is 3.94. The van der Waals surface area contributed by atoms with Crippen LogP contribution in [0.1, 0.15) is 6.92 Å². The summed E-state index contributed by atoms with van der Waals surface area (Å²) in [6, 6.07) is 10.2. The number of hydrogen-bond donors (Lipinski definition) is 2. The molecule has 0 spiro atoms. The van der Waals surface area contributed by atoms with Crippen LogP contribution in [0.5, 0.6) is 5.75 Å². The van der Waals surface area contributed by atoms with E-state index in [1.54, 1.807) is 31.9 Å². The Kier molecular flexibility index (Phi) is 6.91. The van der Waals surface area contributed by atoms with E-state index < -0.39 is 7.14 Å². The Labute approximate surface area is 235 Å². The van der Waals surface area contributed by atoms with Crippen molar-refractivity contribution in [2.75, 3.05) is 61.6 Å². The highest BCUT2D eigenvalue weighted by Gasteiger charge is 2.32. The second-order valence-corrected chi connectivity index (χ2v) is 14.1. The van der Waals surface area contributed by atoms with Gasteiger partial charge >= 0.3 is 0 Å². The fourth-order valence-electron chi connectivity index (χ4n) is 5.24. The minimum Gasteiger partial charge on any atom is -0.489 e. The van der Waals surface area contributed by atoms with Crippen LogP contribution in [0, 0.1) is 0 Å². The smallest absolute Gasteiger partial charge is 0.229 e. The first-order chi connectivity index (χ1) is 18.8. The second-order valence-electron chi connectivity index (χ2n) is 10.1. The molecule has 2 aromatic carbocycles. The number of piperazine rings is 1. The summed E-state index contributed by atoms with van der Waals surface area (Å²) in [6.07, 6.45) is 4.93. The topological polar surface area (TPSA) is 108 Å². The first kappa shape index (κ1) is 26.0.